The number of phosphoric ester groups is 1. The minimum atomic E-state index is -4.37. The van der Waals surface area contributed by atoms with E-state index in [-0.39, 0.29) is 25.6 Å². The number of allylic oxidation sites excluding steroid dienone is 2. The highest BCUT2D eigenvalue weighted by Gasteiger charge is 2.27. The molecule has 0 saturated heterocycles. The Labute approximate surface area is 352 Å². The molecule has 0 amide bonds. The molecule has 0 aliphatic carbocycles. The summed E-state index contributed by atoms with van der Waals surface area (Å²) in [5.41, 5.74) is 0. The number of carbonyl (C=O) groups is 2. The molecular formula is C47H93NO8P+. The van der Waals surface area contributed by atoms with Crippen LogP contribution in [-0.2, 0) is 32.7 Å². The van der Waals surface area contributed by atoms with Crippen molar-refractivity contribution in [2.45, 2.75) is 232 Å². The second-order valence-electron chi connectivity index (χ2n) is 17.5. The maximum Gasteiger partial charge on any atom is 0.472 e. The predicted octanol–water partition coefficient (Wildman–Crippen LogP) is 13.8. The minimum absolute atomic E-state index is 0.0346. The zero-order chi connectivity index (χ0) is 42.1. The number of rotatable bonds is 44. The predicted molar refractivity (Wildman–Crippen MR) is 238 cm³/mol. The van der Waals surface area contributed by atoms with E-state index in [0.29, 0.717) is 23.9 Å². The van der Waals surface area contributed by atoms with Crippen molar-refractivity contribution in [1.29, 1.82) is 0 Å². The van der Waals surface area contributed by atoms with Crippen LogP contribution in [0.1, 0.15) is 226 Å². The largest absolute Gasteiger partial charge is 0.472 e. The molecule has 338 valence electrons. The topological polar surface area (TPSA) is 108 Å². The van der Waals surface area contributed by atoms with Gasteiger partial charge in [0.1, 0.15) is 19.8 Å². The molecule has 0 aromatic carbocycles. The molecule has 57 heavy (non-hydrogen) atoms. The molecule has 0 aliphatic heterocycles. The average molecular weight is 831 g/mol. The number of likely N-dealkylation sites (N-methyl/N-ethyl adjacent to an activating group) is 1. The van der Waals surface area contributed by atoms with Crippen molar-refractivity contribution in [3.05, 3.63) is 12.2 Å². The fourth-order valence-electron chi connectivity index (χ4n) is 6.76. The van der Waals surface area contributed by atoms with Crippen LogP contribution in [0.3, 0.4) is 0 Å². The lowest BCUT2D eigenvalue weighted by Crippen LogP contribution is -2.37. The van der Waals surface area contributed by atoms with Crippen LogP contribution >= 0.6 is 7.82 Å². The summed E-state index contributed by atoms with van der Waals surface area (Å²) in [5, 5.41) is 0. The smallest absolute Gasteiger partial charge is 0.462 e. The first kappa shape index (κ1) is 55.8. The van der Waals surface area contributed by atoms with Crippen LogP contribution < -0.4 is 0 Å². The molecule has 9 nitrogen and oxygen atoms in total. The molecule has 0 rings (SSSR count). The Kier molecular flexibility index (Phi) is 39.3. The van der Waals surface area contributed by atoms with Crippen molar-refractivity contribution in [3.63, 3.8) is 0 Å². The van der Waals surface area contributed by atoms with Gasteiger partial charge in [-0.2, -0.15) is 0 Å². The Morgan fingerprint density at radius 3 is 1.35 bits per heavy atom. The molecule has 0 saturated carbocycles. The highest BCUT2D eigenvalue weighted by molar-refractivity contribution is 7.47. The van der Waals surface area contributed by atoms with Gasteiger partial charge in [-0.05, 0) is 32.1 Å². The molecule has 0 radical (unpaired) electrons. The van der Waals surface area contributed by atoms with Gasteiger partial charge in [0.2, 0.25) is 0 Å². The van der Waals surface area contributed by atoms with E-state index in [2.05, 4.69) is 26.0 Å². The molecule has 0 aliphatic rings. The third-order valence-electron chi connectivity index (χ3n) is 10.5. The van der Waals surface area contributed by atoms with Gasteiger partial charge in [0, 0.05) is 12.8 Å². The Balaban J connectivity index is 4.26. The van der Waals surface area contributed by atoms with E-state index in [4.69, 9.17) is 18.5 Å². The first-order valence-electron chi connectivity index (χ1n) is 23.9. The van der Waals surface area contributed by atoms with Crippen molar-refractivity contribution in [1.82, 2.24) is 0 Å². The summed E-state index contributed by atoms with van der Waals surface area (Å²) in [6, 6.07) is 0. The van der Waals surface area contributed by atoms with E-state index in [0.717, 1.165) is 38.5 Å². The first-order valence-corrected chi connectivity index (χ1v) is 25.4. The molecule has 0 aromatic heterocycles. The number of quaternary nitrogens is 1. The van der Waals surface area contributed by atoms with Gasteiger partial charge in [0.05, 0.1) is 27.7 Å². The minimum Gasteiger partial charge on any atom is -0.462 e. The fourth-order valence-corrected chi connectivity index (χ4v) is 7.50. The molecule has 0 fully saturated rings. The van der Waals surface area contributed by atoms with Crippen LogP contribution in [0.4, 0.5) is 0 Å². The highest BCUT2D eigenvalue weighted by Crippen LogP contribution is 2.43. The molecule has 0 heterocycles. The van der Waals surface area contributed by atoms with Crippen molar-refractivity contribution >= 4 is 19.8 Å². The van der Waals surface area contributed by atoms with E-state index < -0.39 is 26.5 Å². The summed E-state index contributed by atoms with van der Waals surface area (Å²) in [6.07, 6.45) is 42.5. The van der Waals surface area contributed by atoms with E-state index in [1.165, 1.54) is 154 Å². The van der Waals surface area contributed by atoms with Crippen LogP contribution in [0.25, 0.3) is 0 Å². The zero-order valence-electron chi connectivity index (χ0n) is 38.1. The number of hydrogen-bond donors (Lipinski definition) is 1. The van der Waals surface area contributed by atoms with Gasteiger partial charge in [-0.25, -0.2) is 4.57 Å². The van der Waals surface area contributed by atoms with Gasteiger partial charge in [-0.15, -0.1) is 0 Å². The summed E-state index contributed by atoms with van der Waals surface area (Å²) in [5.74, 6) is -0.788. The molecule has 0 bridgehead atoms. The number of carbonyl (C=O) groups excluding carboxylic acids is 2. The van der Waals surface area contributed by atoms with Crippen LogP contribution in [0.15, 0.2) is 12.2 Å². The lowest BCUT2D eigenvalue weighted by Gasteiger charge is -2.24. The standard InChI is InChI=1S/C47H92NO8P/c1-6-8-10-12-14-16-18-20-22-23-24-26-27-29-31-33-35-37-39-46(49)53-43-45(44-55-57(51,52)54-42-41-48(3,4)5)56-47(50)40-38-36-34-32-30-28-25-21-19-17-15-13-11-9-7-2/h13,15,45H,6-12,14,16-44H2,1-5H3/p+1/b15-13+/t45-/m1/s1. The maximum absolute atomic E-state index is 12.7. The van der Waals surface area contributed by atoms with Gasteiger partial charge in [0.15, 0.2) is 6.10 Å². The SMILES string of the molecule is CCCC/C=C/CCCCCCCCCCCC(=O)O[C@H](COC(=O)CCCCCCCCCCCCCCCCCCCC)COP(=O)(O)OCC[N+](C)(C)C. The number of hydrogen-bond acceptors (Lipinski definition) is 7. The van der Waals surface area contributed by atoms with Crippen molar-refractivity contribution in [2.75, 3.05) is 47.5 Å². The van der Waals surface area contributed by atoms with Crippen molar-refractivity contribution in [2.24, 2.45) is 0 Å². The summed E-state index contributed by atoms with van der Waals surface area (Å²) in [7, 11) is 1.49. The lowest BCUT2D eigenvalue weighted by molar-refractivity contribution is -0.870. The highest BCUT2D eigenvalue weighted by atomic mass is 31.2. The molecule has 0 spiro atoms. The van der Waals surface area contributed by atoms with Crippen molar-refractivity contribution in [3.8, 4) is 0 Å². The van der Waals surface area contributed by atoms with Gasteiger partial charge in [-0.1, -0.05) is 193 Å². The number of unbranched alkanes of at least 4 members (excludes halogenated alkanes) is 28. The Morgan fingerprint density at radius 1 is 0.526 bits per heavy atom. The Morgan fingerprint density at radius 2 is 0.912 bits per heavy atom. The van der Waals surface area contributed by atoms with Crippen LogP contribution in [0, 0.1) is 0 Å². The van der Waals surface area contributed by atoms with Crippen LogP contribution in [0.2, 0.25) is 0 Å². The summed E-state index contributed by atoms with van der Waals surface area (Å²) in [4.78, 5) is 35.4. The maximum atomic E-state index is 12.7. The van der Waals surface area contributed by atoms with Gasteiger partial charge in [0.25, 0.3) is 0 Å². The molecular weight excluding hydrogens is 737 g/mol. The Hall–Kier alpha value is -1.25. The second kappa shape index (κ2) is 40.2. The molecule has 1 N–H and O–H groups in total. The normalized spacial score (nSPS) is 13.6. The number of ether oxygens (including phenoxy) is 2. The zero-order valence-corrected chi connectivity index (χ0v) is 39.0. The van der Waals surface area contributed by atoms with Crippen LogP contribution in [0.5, 0.6) is 0 Å². The summed E-state index contributed by atoms with van der Waals surface area (Å²) >= 11 is 0. The average Bonchev–Trinajstić information content (AvgIpc) is 3.16. The first-order chi connectivity index (χ1) is 27.5. The van der Waals surface area contributed by atoms with E-state index in [1.54, 1.807) is 0 Å². The molecule has 0 aromatic rings. The van der Waals surface area contributed by atoms with Crippen molar-refractivity contribution < 1.29 is 42.1 Å². The number of nitrogens with zero attached hydrogens (tertiary/aromatic N) is 1. The van der Waals surface area contributed by atoms with Gasteiger partial charge >= 0.3 is 19.8 Å². The lowest BCUT2D eigenvalue weighted by atomic mass is 10.0. The summed E-state index contributed by atoms with van der Waals surface area (Å²) < 4.78 is 34.4. The summed E-state index contributed by atoms with van der Waals surface area (Å²) in [6.45, 7) is 4.43. The van der Waals surface area contributed by atoms with Gasteiger partial charge < -0.3 is 18.9 Å². The number of phosphoric acid groups is 1. The number of esters is 2. The van der Waals surface area contributed by atoms with E-state index >= 15 is 0 Å². The molecule has 1 unspecified atom stereocenters. The third kappa shape index (κ3) is 44.1. The Bertz CT molecular complexity index is 985. The van der Waals surface area contributed by atoms with Gasteiger partial charge in [-0.3, -0.25) is 18.6 Å². The monoisotopic (exact) mass is 831 g/mol. The molecule has 10 heteroatoms. The van der Waals surface area contributed by atoms with E-state index in [9.17, 15) is 19.0 Å². The quantitative estimate of drug-likeness (QED) is 0.0213. The fraction of sp³-hybridized carbons (Fsp3) is 0.915. The second-order valence-corrected chi connectivity index (χ2v) is 19.0. The van der Waals surface area contributed by atoms with Crippen LogP contribution in [-0.4, -0.2) is 74.9 Å². The third-order valence-corrected chi connectivity index (χ3v) is 11.5. The van der Waals surface area contributed by atoms with E-state index in [1.807, 2.05) is 21.1 Å². The molecule has 2 atom stereocenters.